The van der Waals surface area contributed by atoms with E-state index in [1.165, 1.54) is 11.0 Å². The van der Waals surface area contributed by atoms with Crippen LogP contribution in [-0.2, 0) is 11.3 Å². The largest absolute Gasteiger partial charge is 0.301 e. The standard InChI is InChI=1S/C17H15F2N3O/c1-2-16(23)22(15-6-5-13(18)7-14(15)19)10-11-8-20-17(21-9-11)12-3-4-12/h2,5-9,12H,1,3-4,10H2. The Morgan fingerprint density at radius 2 is 2.00 bits per heavy atom. The summed E-state index contributed by atoms with van der Waals surface area (Å²) in [5, 5.41) is 0. The van der Waals surface area contributed by atoms with Crippen molar-refractivity contribution in [1.82, 2.24) is 9.97 Å². The van der Waals surface area contributed by atoms with Crippen molar-refractivity contribution >= 4 is 11.6 Å². The van der Waals surface area contributed by atoms with Gasteiger partial charge in [-0.05, 0) is 31.1 Å². The van der Waals surface area contributed by atoms with Gasteiger partial charge in [-0.2, -0.15) is 0 Å². The molecule has 0 N–H and O–H groups in total. The maximum Gasteiger partial charge on any atom is 0.250 e. The molecule has 23 heavy (non-hydrogen) atoms. The number of hydrogen-bond acceptors (Lipinski definition) is 3. The number of carbonyl (C=O) groups excluding carboxylic acids is 1. The van der Waals surface area contributed by atoms with E-state index in [2.05, 4.69) is 16.5 Å². The lowest BCUT2D eigenvalue weighted by molar-refractivity contribution is -0.114. The summed E-state index contributed by atoms with van der Waals surface area (Å²) in [7, 11) is 0. The van der Waals surface area contributed by atoms with E-state index in [0.29, 0.717) is 11.5 Å². The van der Waals surface area contributed by atoms with E-state index < -0.39 is 17.5 Å². The average molecular weight is 315 g/mol. The zero-order valence-electron chi connectivity index (χ0n) is 12.4. The van der Waals surface area contributed by atoms with Crippen LogP contribution >= 0.6 is 0 Å². The molecular weight excluding hydrogens is 300 g/mol. The van der Waals surface area contributed by atoms with Crippen LogP contribution in [0.2, 0.25) is 0 Å². The predicted octanol–water partition coefficient (Wildman–Crippen LogP) is 3.35. The monoisotopic (exact) mass is 315 g/mol. The topological polar surface area (TPSA) is 46.1 Å². The zero-order valence-corrected chi connectivity index (χ0v) is 12.4. The molecule has 1 heterocycles. The fourth-order valence-electron chi connectivity index (χ4n) is 2.27. The highest BCUT2D eigenvalue weighted by Crippen LogP contribution is 2.37. The molecule has 4 nitrogen and oxygen atoms in total. The van der Waals surface area contributed by atoms with Gasteiger partial charge in [0.05, 0.1) is 12.2 Å². The molecule has 0 aliphatic heterocycles. The lowest BCUT2D eigenvalue weighted by atomic mass is 10.2. The number of benzene rings is 1. The lowest BCUT2D eigenvalue weighted by Gasteiger charge is -2.21. The van der Waals surface area contributed by atoms with Gasteiger partial charge in [0.25, 0.3) is 5.91 Å². The van der Waals surface area contributed by atoms with Gasteiger partial charge in [-0.3, -0.25) is 4.79 Å². The van der Waals surface area contributed by atoms with E-state index in [1.54, 1.807) is 12.4 Å². The molecule has 3 rings (SSSR count). The van der Waals surface area contributed by atoms with E-state index >= 15 is 0 Å². The summed E-state index contributed by atoms with van der Waals surface area (Å²) in [5.41, 5.74) is 0.649. The van der Waals surface area contributed by atoms with Crippen LogP contribution in [0.4, 0.5) is 14.5 Å². The Hall–Kier alpha value is -2.63. The number of halogens is 2. The summed E-state index contributed by atoms with van der Waals surface area (Å²) in [4.78, 5) is 21.8. The molecule has 2 aromatic rings. The highest BCUT2D eigenvalue weighted by molar-refractivity contribution is 6.01. The van der Waals surface area contributed by atoms with Crippen LogP contribution in [0.1, 0.15) is 30.1 Å². The van der Waals surface area contributed by atoms with Crippen molar-refractivity contribution in [2.24, 2.45) is 0 Å². The Balaban J connectivity index is 1.86. The molecule has 0 radical (unpaired) electrons. The van der Waals surface area contributed by atoms with Crippen molar-refractivity contribution in [2.75, 3.05) is 4.90 Å². The number of anilines is 1. The van der Waals surface area contributed by atoms with Crippen molar-refractivity contribution in [3.63, 3.8) is 0 Å². The molecular formula is C17H15F2N3O. The van der Waals surface area contributed by atoms with Gasteiger partial charge in [-0.15, -0.1) is 0 Å². The SMILES string of the molecule is C=CC(=O)N(Cc1cnc(C2CC2)nc1)c1ccc(F)cc1F. The summed E-state index contributed by atoms with van der Waals surface area (Å²) in [6.45, 7) is 3.50. The van der Waals surface area contributed by atoms with Crippen molar-refractivity contribution in [2.45, 2.75) is 25.3 Å². The van der Waals surface area contributed by atoms with Crippen LogP contribution in [0.3, 0.4) is 0 Å². The Labute approximate surface area is 132 Å². The van der Waals surface area contributed by atoms with Crippen LogP contribution in [0, 0.1) is 11.6 Å². The summed E-state index contributed by atoms with van der Waals surface area (Å²) in [6.07, 6.45) is 6.54. The first-order valence-electron chi connectivity index (χ1n) is 7.28. The maximum atomic E-state index is 14.0. The van der Waals surface area contributed by atoms with Crippen molar-refractivity contribution in [3.8, 4) is 0 Å². The fourth-order valence-corrected chi connectivity index (χ4v) is 2.27. The summed E-state index contributed by atoms with van der Waals surface area (Å²) < 4.78 is 27.0. The van der Waals surface area contributed by atoms with Gasteiger partial charge >= 0.3 is 0 Å². The summed E-state index contributed by atoms with van der Waals surface area (Å²) in [6, 6.07) is 3.07. The van der Waals surface area contributed by atoms with Gasteiger partial charge in [-0.25, -0.2) is 18.7 Å². The third kappa shape index (κ3) is 3.41. The van der Waals surface area contributed by atoms with Gasteiger partial charge < -0.3 is 4.90 Å². The van der Waals surface area contributed by atoms with Crippen LogP contribution in [0.25, 0.3) is 0 Å². The molecule has 6 heteroatoms. The van der Waals surface area contributed by atoms with Crippen molar-refractivity contribution in [3.05, 3.63) is 66.3 Å². The Morgan fingerprint density at radius 3 is 2.57 bits per heavy atom. The zero-order chi connectivity index (χ0) is 16.4. The quantitative estimate of drug-likeness (QED) is 0.795. The van der Waals surface area contributed by atoms with Gasteiger partial charge in [-0.1, -0.05) is 6.58 Å². The van der Waals surface area contributed by atoms with E-state index in [4.69, 9.17) is 0 Å². The third-order valence-electron chi connectivity index (χ3n) is 3.65. The molecule has 1 aromatic heterocycles. The first-order valence-corrected chi connectivity index (χ1v) is 7.28. The second kappa shape index (κ2) is 6.24. The molecule has 1 saturated carbocycles. The van der Waals surface area contributed by atoms with Gasteiger partial charge in [0.1, 0.15) is 17.5 Å². The van der Waals surface area contributed by atoms with Crippen LogP contribution in [0.5, 0.6) is 0 Å². The van der Waals surface area contributed by atoms with Crippen molar-refractivity contribution < 1.29 is 13.6 Å². The van der Waals surface area contributed by atoms with E-state index in [1.807, 2.05) is 0 Å². The van der Waals surface area contributed by atoms with Crippen LogP contribution in [-0.4, -0.2) is 15.9 Å². The van der Waals surface area contributed by atoms with Crippen LogP contribution in [0.15, 0.2) is 43.2 Å². The molecule has 0 unspecified atom stereocenters. The van der Waals surface area contributed by atoms with Crippen molar-refractivity contribution in [1.29, 1.82) is 0 Å². The smallest absolute Gasteiger partial charge is 0.250 e. The second-order valence-electron chi connectivity index (χ2n) is 5.45. The Bertz CT molecular complexity index is 742. The fraction of sp³-hybridized carbons (Fsp3) is 0.235. The van der Waals surface area contributed by atoms with E-state index in [9.17, 15) is 13.6 Å². The minimum Gasteiger partial charge on any atom is -0.301 e. The third-order valence-corrected chi connectivity index (χ3v) is 3.65. The summed E-state index contributed by atoms with van der Waals surface area (Å²) >= 11 is 0. The summed E-state index contributed by atoms with van der Waals surface area (Å²) in [5.74, 6) is -0.764. The van der Waals surface area contributed by atoms with E-state index in [-0.39, 0.29) is 12.2 Å². The number of rotatable bonds is 5. The molecule has 1 aliphatic rings. The number of carbonyl (C=O) groups is 1. The minimum absolute atomic E-state index is 0.0115. The molecule has 1 amide bonds. The predicted molar refractivity (Wildman–Crippen MR) is 81.8 cm³/mol. The Morgan fingerprint density at radius 1 is 1.30 bits per heavy atom. The second-order valence-corrected chi connectivity index (χ2v) is 5.45. The first-order chi connectivity index (χ1) is 11.1. The number of aromatic nitrogens is 2. The van der Waals surface area contributed by atoms with Gasteiger partial charge in [0.2, 0.25) is 0 Å². The molecule has 0 spiro atoms. The van der Waals surface area contributed by atoms with E-state index in [0.717, 1.165) is 36.9 Å². The average Bonchev–Trinajstić information content (AvgIpc) is 3.38. The molecule has 1 aromatic carbocycles. The highest BCUT2D eigenvalue weighted by atomic mass is 19.1. The lowest BCUT2D eigenvalue weighted by Crippen LogP contribution is -2.29. The Kier molecular flexibility index (Phi) is 4.14. The molecule has 0 saturated heterocycles. The molecule has 1 fully saturated rings. The molecule has 0 atom stereocenters. The minimum atomic E-state index is -0.810. The maximum absolute atomic E-state index is 14.0. The first kappa shape index (κ1) is 15.3. The number of hydrogen-bond donors (Lipinski definition) is 0. The highest BCUT2D eigenvalue weighted by Gasteiger charge is 2.26. The molecule has 0 bridgehead atoms. The molecule has 1 aliphatic carbocycles. The normalized spacial score (nSPS) is 13.7. The van der Waals surface area contributed by atoms with Crippen LogP contribution < -0.4 is 4.90 Å². The number of amides is 1. The number of nitrogens with zero attached hydrogens (tertiary/aromatic N) is 3. The van der Waals surface area contributed by atoms with Gasteiger partial charge in [0.15, 0.2) is 0 Å². The van der Waals surface area contributed by atoms with Gasteiger partial charge in [0, 0.05) is 29.9 Å². The molecule has 118 valence electrons.